The van der Waals surface area contributed by atoms with Gasteiger partial charge in [0.1, 0.15) is 5.76 Å². The summed E-state index contributed by atoms with van der Waals surface area (Å²) >= 11 is 0. The maximum atomic E-state index is 11.3. The number of nitrogens with zero attached hydrogens (tertiary/aromatic N) is 1. The molecule has 1 aromatic rings. The van der Waals surface area contributed by atoms with Crippen LogP contribution >= 0.6 is 0 Å². The molecule has 114 valence electrons. The first kappa shape index (κ1) is 16.9. The zero-order chi connectivity index (χ0) is 15.9. The molecular formula is C16H22N2O3. The number of primary amides is 1. The largest absolute Gasteiger partial charge is 0.448 e. The third kappa shape index (κ3) is 5.04. The van der Waals surface area contributed by atoms with Gasteiger partial charge >= 0.3 is 0 Å². The molecule has 21 heavy (non-hydrogen) atoms. The zero-order valence-corrected chi connectivity index (χ0v) is 12.6. The van der Waals surface area contributed by atoms with Crippen LogP contribution in [0.1, 0.15) is 26.5 Å². The number of hydrogen-bond donors (Lipinski definition) is 2. The fourth-order valence-electron chi connectivity index (χ4n) is 1.67. The number of aliphatic hydroxyl groups excluding tert-OH is 1. The predicted molar refractivity (Wildman–Crippen MR) is 81.2 cm³/mol. The highest BCUT2D eigenvalue weighted by molar-refractivity contribution is 5.81. The number of nitrogens with two attached hydrogens (primary N) is 1. The predicted octanol–water partition coefficient (Wildman–Crippen LogP) is 2.15. The quantitative estimate of drug-likeness (QED) is 0.753. The van der Waals surface area contributed by atoms with Gasteiger partial charge in [0.15, 0.2) is 6.39 Å². The van der Waals surface area contributed by atoms with Gasteiger partial charge in [-0.3, -0.25) is 4.79 Å². The average molecular weight is 290 g/mol. The summed E-state index contributed by atoms with van der Waals surface area (Å²) in [6.07, 6.45) is 12.0. The average Bonchev–Trinajstić information content (AvgIpc) is 2.94. The van der Waals surface area contributed by atoms with Crippen LogP contribution in [0.5, 0.6) is 0 Å². The fraction of sp³-hybridized carbons (Fsp3) is 0.375. The van der Waals surface area contributed by atoms with E-state index in [2.05, 4.69) is 4.98 Å². The molecule has 0 aliphatic heterocycles. The van der Waals surface area contributed by atoms with Gasteiger partial charge in [0.25, 0.3) is 0 Å². The summed E-state index contributed by atoms with van der Waals surface area (Å²) < 4.78 is 5.09. The number of carbonyl (C=O) groups excluding carboxylic acids is 1. The van der Waals surface area contributed by atoms with Crippen LogP contribution in [0.4, 0.5) is 0 Å². The molecule has 1 amide bonds. The van der Waals surface area contributed by atoms with E-state index in [0.717, 1.165) is 5.76 Å². The molecule has 0 radical (unpaired) electrons. The summed E-state index contributed by atoms with van der Waals surface area (Å²) in [7, 11) is 0. The van der Waals surface area contributed by atoms with E-state index >= 15 is 0 Å². The van der Waals surface area contributed by atoms with Gasteiger partial charge in [0.05, 0.1) is 17.7 Å². The molecule has 1 aromatic heterocycles. The van der Waals surface area contributed by atoms with Gasteiger partial charge in [-0.05, 0) is 26.3 Å². The van der Waals surface area contributed by atoms with Crippen molar-refractivity contribution in [2.24, 2.45) is 11.1 Å². The SMILES string of the molecule is C\C(=C/C=C/C=C/Cc1cnco1)C(O)C(C)(C)C(N)=O. The van der Waals surface area contributed by atoms with E-state index in [9.17, 15) is 9.90 Å². The van der Waals surface area contributed by atoms with Crippen LogP contribution in [0.2, 0.25) is 0 Å². The molecule has 0 saturated heterocycles. The lowest BCUT2D eigenvalue weighted by molar-refractivity contribution is -0.130. The second-order valence-electron chi connectivity index (χ2n) is 5.38. The number of oxazole rings is 1. The molecule has 5 nitrogen and oxygen atoms in total. The Balaban J connectivity index is 2.53. The summed E-state index contributed by atoms with van der Waals surface area (Å²) in [6, 6.07) is 0. The smallest absolute Gasteiger partial charge is 0.226 e. The molecule has 3 N–H and O–H groups in total. The minimum Gasteiger partial charge on any atom is -0.448 e. The molecule has 0 aromatic carbocycles. The van der Waals surface area contributed by atoms with Gasteiger partial charge in [-0.1, -0.05) is 30.4 Å². The van der Waals surface area contributed by atoms with E-state index in [1.165, 1.54) is 6.39 Å². The first-order chi connectivity index (χ1) is 9.85. The fourth-order valence-corrected chi connectivity index (χ4v) is 1.67. The molecular weight excluding hydrogens is 268 g/mol. The Bertz CT molecular complexity index is 540. The van der Waals surface area contributed by atoms with Crippen LogP contribution in [0.15, 0.2) is 53.0 Å². The number of allylic oxidation sites excluding steroid dienone is 5. The van der Waals surface area contributed by atoms with Crippen molar-refractivity contribution in [3.63, 3.8) is 0 Å². The Kier molecular flexibility index (Phi) is 6.11. The van der Waals surface area contributed by atoms with E-state index in [0.29, 0.717) is 12.0 Å². The Morgan fingerprint density at radius 2 is 2.19 bits per heavy atom. The summed E-state index contributed by atoms with van der Waals surface area (Å²) in [6.45, 7) is 5.01. The Morgan fingerprint density at radius 3 is 2.76 bits per heavy atom. The molecule has 0 saturated carbocycles. The molecule has 5 heteroatoms. The third-order valence-electron chi connectivity index (χ3n) is 3.27. The van der Waals surface area contributed by atoms with Crippen molar-refractivity contribution in [2.75, 3.05) is 0 Å². The highest BCUT2D eigenvalue weighted by Crippen LogP contribution is 2.25. The third-order valence-corrected chi connectivity index (χ3v) is 3.27. The number of carbonyl (C=O) groups is 1. The summed E-state index contributed by atoms with van der Waals surface area (Å²) in [4.78, 5) is 15.1. The van der Waals surface area contributed by atoms with E-state index in [4.69, 9.17) is 10.2 Å². The van der Waals surface area contributed by atoms with Crippen molar-refractivity contribution in [3.8, 4) is 0 Å². The molecule has 0 aliphatic rings. The molecule has 0 aliphatic carbocycles. The Morgan fingerprint density at radius 1 is 1.48 bits per heavy atom. The molecule has 1 rings (SSSR count). The van der Waals surface area contributed by atoms with Crippen molar-refractivity contribution < 1.29 is 14.3 Å². The molecule has 1 atom stereocenters. The van der Waals surface area contributed by atoms with Crippen LogP contribution in [0.3, 0.4) is 0 Å². The van der Waals surface area contributed by atoms with Crippen LogP contribution in [0, 0.1) is 5.41 Å². The van der Waals surface area contributed by atoms with Crippen molar-refractivity contribution >= 4 is 5.91 Å². The maximum absolute atomic E-state index is 11.3. The topological polar surface area (TPSA) is 89.3 Å². The van der Waals surface area contributed by atoms with Crippen LogP contribution in [0.25, 0.3) is 0 Å². The number of hydrogen-bond acceptors (Lipinski definition) is 4. The number of aromatic nitrogens is 1. The Hall–Kier alpha value is -2.14. The number of rotatable bonds is 7. The first-order valence-corrected chi connectivity index (χ1v) is 6.71. The standard InChI is InChI=1S/C16H22N2O3/c1-12(14(19)16(2,3)15(17)20)8-6-4-5-7-9-13-10-18-11-21-13/h4-8,10-11,14,19H,9H2,1-3H3,(H2,17,20)/b6-4+,7-5+,12-8+. The van der Waals surface area contributed by atoms with Gasteiger partial charge in [0.2, 0.25) is 5.91 Å². The Labute approximate surface area is 124 Å². The van der Waals surface area contributed by atoms with E-state index in [-0.39, 0.29) is 0 Å². The zero-order valence-electron chi connectivity index (χ0n) is 12.6. The molecule has 1 unspecified atom stereocenters. The van der Waals surface area contributed by atoms with Gasteiger partial charge in [-0.15, -0.1) is 0 Å². The molecule has 0 spiro atoms. The van der Waals surface area contributed by atoms with Gasteiger partial charge < -0.3 is 15.3 Å². The molecule has 1 heterocycles. The minimum atomic E-state index is -0.990. The summed E-state index contributed by atoms with van der Waals surface area (Å²) in [5, 5.41) is 10.1. The lowest BCUT2D eigenvalue weighted by Gasteiger charge is -2.27. The van der Waals surface area contributed by atoms with Crippen molar-refractivity contribution in [1.29, 1.82) is 0 Å². The van der Waals surface area contributed by atoms with Crippen molar-refractivity contribution in [2.45, 2.75) is 33.3 Å². The minimum absolute atomic E-state index is 0.529. The van der Waals surface area contributed by atoms with Gasteiger partial charge in [-0.2, -0.15) is 0 Å². The number of aliphatic hydroxyl groups is 1. The van der Waals surface area contributed by atoms with E-state index < -0.39 is 17.4 Å². The van der Waals surface area contributed by atoms with Crippen LogP contribution < -0.4 is 5.73 Å². The van der Waals surface area contributed by atoms with Crippen molar-refractivity contribution in [1.82, 2.24) is 4.98 Å². The molecule has 0 fully saturated rings. The lowest BCUT2D eigenvalue weighted by Crippen LogP contribution is -2.42. The normalized spacial score (nSPS) is 15.0. The van der Waals surface area contributed by atoms with Crippen LogP contribution in [-0.4, -0.2) is 22.1 Å². The van der Waals surface area contributed by atoms with Gasteiger partial charge in [0, 0.05) is 6.42 Å². The molecule has 0 bridgehead atoms. The second-order valence-corrected chi connectivity index (χ2v) is 5.38. The maximum Gasteiger partial charge on any atom is 0.226 e. The van der Waals surface area contributed by atoms with E-state index in [1.54, 1.807) is 39.1 Å². The first-order valence-electron chi connectivity index (χ1n) is 6.71. The van der Waals surface area contributed by atoms with E-state index in [1.807, 2.05) is 18.2 Å². The van der Waals surface area contributed by atoms with Crippen LogP contribution in [-0.2, 0) is 11.2 Å². The highest BCUT2D eigenvalue weighted by atomic mass is 16.3. The highest BCUT2D eigenvalue weighted by Gasteiger charge is 2.34. The summed E-state index contributed by atoms with van der Waals surface area (Å²) in [5.41, 5.74) is 4.97. The lowest BCUT2D eigenvalue weighted by atomic mass is 9.82. The number of amides is 1. The van der Waals surface area contributed by atoms with Gasteiger partial charge in [-0.25, -0.2) is 4.98 Å². The monoisotopic (exact) mass is 290 g/mol. The summed E-state index contributed by atoms with van der Waals surface area (Å²) in [5.74, 6) is 0.267. The second kappa shape index (κ2) is 7.59. The van der Waals surface area contributed by atoms with Crippen molar-refractivity contribution in [3.05, 3.63) is 54.3 Å².